The van der Waals surface area contributed by atoms with E-state index in [0.29, 0.717) is 5.15 Å². The predicted molar refractivity (Wildman–Crippen MR) is 57.0 cm³/mol. The first-order valence-electron chi connectivity index (χ1n) is 4.11. The van der Waals surface area contributed by atoms with E-state index in [2.05, 4.69) is 4.98 Å². The van der Waals surface area contributed by atoms with Gasteiger partial charge in [0.05, 0.1) is 0 Å². The topological polar surface area (TPSA) is 33.2 Å². The molecule has 0 aliphatic carbocycles. The van der Waals surface area contributed by atoms with Crippen LogP contribution in [0.4, 0.5) is 0 Å². The van der Waals surface area contributed by atoms with E-state index in [1.165, 1.54) is 11.0 Å². The lowest BCUT2D eigenvalue weighted by Crippen LogP contribution is -2.18. The standard InChI is InChI=1S/C10H11ClN2O/c1-13(2)9(14)6-5-8-4-3-7-12-10(8)11/h3-7H,1-2H3. The molecule has 4 heteroatoms. The molecule has 1 aromatic rings. The van der Waals surface area contributed by atoms with E-state index in [9.17, 15) is 4.79 Å². The molecule has 3 nitrogen and oxygen atoms in total. The van der Waals surface area contributed by atoms with Crippen LogP contribution >= 0.6 is 11.6 Å². The van der Waals surface area contributed by atoms with E-state index in [1.807, 2.05) is 0 Å². The molecule has 0 aromatic carbocycles. The zero-order valence-corrected chi connectivity index (χ0v) is 8.82. The van der Waals surface area contributed by atoms with Gasteiger partial charge >= 0.3 is 0 Å². The number of halogens is 1. The summed E-state index contributed by atoms with van der Waals surface area (Å²) >= 11 is 5.80. The van der Waals surface area contributed by atoms with E-state index in [-0.39, 0.29) is 5.91 Å². The highest BCUT2D eigenvalue weighted by Gasteiger charge is 1.99. The number of likely N-dealkylation sites (N-methyl/N-ethyl adjacent to an activating group) is 1. The highest BCUT2D eigenvalue weighted by atomic mass is 35.5. The average molecular weight is 211 g/mol. The van der Waals surface area contributed by atoms with E-state index in [0.717, 1.165) is 5.56 Å². The Morgan fingerprint density at radius 2 is 2.29 bits per heavy atom. The van der Waals surface area contributed by atoms with Gasteiger partial charge in [0.2, 0.25) is 5.91 Å². The van der Waals surface area contributed by atoms with Crippen LogP contribution in [0.25, 0.3) is 6.08 Å². The summed E-state index contributed by atoms with van der Waals surface area (Å²) in [6, 6.07) is 3.57. The predicted octanol–water partition coefficient (Wildman–Crippen LogP) is 1.84. The minimum Gasteiger partial charge on any atom is -0.345 e. The Morgan fingerprint density at radius 3 is 2.86 bits per heavy atom. The average Bonchev–Trinajstić information content (AvgIpc) is 2.16. The van der Waals surface area contributed by atoms with Crippen molar-refractivity contribution < 1.29 is 4.79 Å². The molecule has 0 saturated carbocycles. The van der Waals surface area contributed by atoms with Crippen LogP contribution in [-0.4, -0.2) is 29.9 Å². The summed E-state index contributed by atoms with van der Waals surface area (Å²) in [5.41, 5.74) is 0.740. The van der Waals surface area contributed by atoms with Gasteiger partial charge in [0.1, 0.15) is 5.15 Å². The summed E-state index contributed by atoms with van der Waals surface area (Å²) in [6.45, 7) is 0. The summed E-state index contributed by atoms with van der Waals surface area (Å²) in [6.07, 6.45) is 4.72. The van der Waals surface area contributed by atoms with Crippen molar-refractivity contribution >= 4 is 23.6 Å². The molecule has 0 atom stereocenters. The van der Waals surface area contributed by atoms with Gasteiger partial charge in [-0.15, -0.1) is 0 Å². The number of aromatic nitrogens is 1. The van der Waals surface area contributed by atoms with Crippen molar-refractivity contribution in [3.05, 3.63) is 35.1 Å². The first kappa shape index (κ1) is 10.7. The molecule has 0 unspecified atom stereocenters. The Labute approximate surface area is 88.0 Å². The van der Waals surface area contributed by atoms with Crippen LogP contribution in [0.2, 0.25) is 5.15 Å². The van der Waals surface area contributed by atoms with E-state index in [1.54, 1.807) is 38.5 Å². The van der Waals surface area contributed by atoms with Gasteiger partial charge in [0, 0.05) is 31.9 Å². The van der Waals surface area contributed by atoms with E-state index in [4.69, 9.17) is 11.6 Å². The molecule has 0 aliphatic rings. The molecular formula is C10H11ClN2O. The van der Waals surface area contributed by atoms with Crippen molar-refractivity contribution in [2.45, 2.75) is 0 Å². The van der Waals surface area contributed by atoms with Gasteiger partial charge in [-0.25, -0.2) is 4.98 Å². The lowest BCUT2D eigenvalue weighted by molar-refractivity contribution is -0.123. The van der Waals surface area contributed by atoms with Crippen molar-refractivity contribution in [1.82, 2.24) is 9.88 Å². The van der Waals surface area contributed by atoms with Crippen LogP contribution in [0, 0.1) is 0 Å². The molecule has 74 valence electrons. The Balaban J connectivity index is 2.79. The van der Waals surface area contributed by atoms with Crippen molar-refractivity contribution in [3.8, 4) is 0 Å². The van der Waals surface area contributed by atoms with Crippen molar-refractivity contribution in [2.75, 3.05) is 14.1 Å². The molecule has 0 radical (unpaired) electrons. The fraction of sp³-hybridized carbons (Fsp3) is 0.200. The van der Waals surface area contributed by atoms with Gasteiger partial charge in [-0.05, 0) is 12.1 Å². The van der Waals surface area contributed by atoms with Crippen LogP contribution in [0.5, 0.6) is 0 Å². The summed E-state index contributed by atoms with van der Waals surface area (Å²) in [4.78, 5) is 16.6. The van der Waals surface area contributed by atoms with Crippen molar-refractivity contribution in [1.29, 1.82) is 0 Å². The Morgan fingerprint density at radius 1 is 1.57 bits per heavy atom. The quantitative estimate of drug-likeness (QED) is 0.551. The summed E-state index contributed by atoms with van der Waals surface area (Å²) in [7, 11) is 3.38. The number of nitrogens with zero attached hydrogens (tertiary/aromatic N) is 2. The van der Waals surface area contributed by atoms with Crippen LogP contribution in [-0.2, 0) is 4.79 Å². The zero-order valence-electron chi connectivity index (χ0n) is 8.07. The molecule has 0 spiro atoms. The van der Waals surface area contributed by atoms with Gasteiger partial charge in [0.25, 0.3) is 0 Å². The summed E-state index contributed by atoms with van der Waals surface area (Å²) in [5, 5.41) is 0.398. The number of rotatable bonds is 2. The lowest BCUT2D eigenvalue weighted by atomic mass is 10.2. The highest BCUT2D eigenvalue weighted by molar-refractivity contribution is 6.30. The third-order valence-electron chi connectivity index (χ3n) is 1.63. The third-order valence-corrected chi connectivity index (χ3v) is 1.95. The first-order valence-corrected chi connectivity index (χ1v) is 4.49. The minimum atomic E-state index is -0.0788. The van der Waals surface area contributed by atoms with Crippen LogP contribution < -0.4 is 0 Å². The Kier molecular flexibility index (Phi) is 3.65. The van der Waals surface area contributed by atoms with E-state index >= 15 is 0 Å². The van der Waals surface area contributed by atoms with Gasteiger partial charge in [-0.3, -0.25) is 4.79 Å². The molecular weight excluding hydrogens is 200 g/mol. The monoisotopic (exact) mass is 210 g/mol. The SMILES string of the molecule is CN(C)C(=O)C=Cc1cccnc1Cl. The lowest BCUT2D eigenvalue weighted by Gasteiger charge is -2.05. The normalized spacial score (nSPS) is 10.5. The first-order chi connectivity index (χ1) is 6.61. The number of hydrogen-bond donors (Lipinski definition) is 0. The third kappa shape index (κ3) is 2.85. The summed E-state index contributed by atoms with van der Waals surface area (Å²) < 4.78 is 0. The van der Waals surface area contributed by atoms with Gasteiger partial charge in [-0.2, -0.15) is 0 Å². The van der Waals surface area contributed by atoms with Gasteiger partial charge in [-0.1, -0.05) is 17.7 Å². The second kappa shape index (κ2) is 4.77. The smallest absolute Gasteiger partial charge is 0.246 e. The molecule has 1 heterocycles. The molecule has 1 amide bonds. The number of amides is 1. The molecule has 14 heavy (non-hydrogen) atoms. The molecule has 0 N–H and O–H groups in total. The second-order valence-corrected chi connectivity index (χ2v) is 3.31. The van der Waals surface area contributed by atoms with Crippen LogP contribution in [0.15, 0.2) is 24.4 Å². The maximum Gasteiger partial charge on any atom is 0.246 e. The minimum absolute atomic E-state index is 0.0788. The fourth-order valence-corrected chi connectivity index (χ4v) is 1.02. The maximum atomic E-state index is 11.2. The molecule has 1 rings (SSSR count). The number of pyridine rings is 1. The summed E-state index contributed by atoms with van der Waals surface area (Å²) in [5.74, 6) is -0.0788. The van der Waals surface area contributed by atoms with Gasteiger partial charge < -0.3 is 4.90 Å². The number of hydrogen-bond acceptors (Lipinski definition) is 2. The molecule has 1 aromatic heterocycles. The fourth-order valence-electron chi connectivity index (χ4n) is 0.833. The molecule has 0 bridgehead atoms. The molecule has 0 fully saturated rings. The largest absolute Gasteiger partial charge is 0.345 e. The van der Waals surface area contributed by atoms with Crippen molar-refractivity contribution in [2.24, 2.45) is 0 Å². The van der Waals surface area contributed by atoms with Crippen molar-refractivity contribution in [3.63, 3.8) is 0 Å². The number of carbonyl (C=O) groups excluding carboxylic acids is 1. The Hall–Kier alpha value is -1.35. The van der Waals surface area contributed by atoms with Gasteiger partial charge in [0.15, 0.2) is 0 Å². The van der Waals surface area contributed by atoms with Crippen LogP contribution in [0.1, 0.15) is 5.56 Å². The molecule has 0 saturated heterocycles. The van der Waals surface area contributed by atoms with E-state index < -0.39 is 0 Å². The highest BCUT2D eigenvalue weighted by Crippen LogP contribution is 2.12. The van der Waals surface area contributed by atoms with Crippen LogP contribution in [0.3, 0.4) is 0 Å². The molecule has 0 aliphatic heterocycles. The number of carbonyl (C=O) groups is 1. The Bertz CT molecular complexity index is 361. The maximum absolute atomic E-state index is 11.2. The zero-order chi connectivity index (χ0) is 10.6. The second-order valence-electron chi connectivity index (χ2n) is 2.95.